The Labute approximate surface area is 252 Å². The summed E-state index contributed by atoms with van der Waals surface area (Å²) in [5.74, 6) is 0.795. The van der Waals surface area contributed by atoms with Crippen LogP contribution < -0.4 is 4.74 Å². The second-order valence-corrected chi connectivity index (χ2v) is 14.5. The van der Waals surface area contributed by atoms with Crippen molar-refractivity contribution in [1.29, 1.82) is 0 Å². The number of hydrogen-bond donors (Lipinski definition) is 2. The second kappa shape index (κ2) is 10.0. The molecule has 3 aliphatic carbocycles. The predicted octanol–water partition coefficient (Wildman–Crippen LogP) is 6.27. The molecule has 2 bridgehead atoms. The Kier molecular flexibility index (Phi) is 6.45. The summed E-state index contributed by atoms with van der Waals surface area (Å²) in [6, 6.07) is 25.1. The van der Waals surface area contributed by atoms with Crippen molar-refractivity contribution in [3.63, 3.8) is 0 Å². The zero-order chi connectivity index (χ0) is 29.4. The Morgan fingerprint density at radius 3 is 2.26 bits per heavy atom. The third-order valence-corrected chi connectivity index (χ3v) is 12.2. The van der Waals surface area contributed by atoms with Crippen LogP contribution in [0.4, 0.5) is 0 Å². The van der Waals surface area contributed by atoms with Crippen molar-refractivity contribution < 1.29 is 28.3 Å². The molecule has 224 valence electrons. The van der Waals surface area contributed by atoms with Gasteiger partial charge in [-0.3, -0.25) is 9.05 Å². The summed E-state index contributed by atoms with van der Waals surface area (Å²) in [4.78, 5) is 13.5. The average molecular weight is 600 g/mol. The molecule has 0 aromatic heterocycles. The number of phosphoric acid groups is 1. The molecule has 2 fully saturated rings. The number of ether oxygens (including phenoxy) is 1. The second-order valence-electron chi connectivity index (χ2n) is 13.1. The van der Waals surface area contributed by atoms with Crippen LogP contribution in [-0.2, 0) is 30.9 Å². The van der Waals surface area contributed by atoms with E-state index in [-0.39, 0.29) is 17.1 Å². The zero-order valence-corrected chi connectivity index (χ0v) is 25.2. The SMILES string of the molecule is CN1CCC23c4c5ccc(O)c4OC2C(OP(=O)(O)OC2CCC(c4ccccc4)(c4ccccc4)CC2)C=CC3C1C5. The lowest BCUT2D eigenvalue weighted by Crippen LogP contribution is -2.65. The van der Waals surface area contributed by atoms with Crippen LogP contribution in [0.2, 0.25) is 0 Å². The van der Waals surface area contributed by atoms with E-state index in [1.807, 2.05) is 24.3 Å². The summed E-state index contributed by atoms with van der Waals surface area (Å²) < 4.78 is 32.0. The molecular formula is C35H38NO6P. The molecule has 1 saturated heterocycles. The zero-order valence-electron chi connectivity index (χ0n) is 24.3. The summed E-state index contributed by atoms with van der Waals surface area (Å²) in [5, 5.41) is 10.8. The van der Waals surface area contributed by atoms with E-state index in [2.05, 4.69) is 66.6 Å². The van der Waals surface area contributed by atoms with Gasteiger partial charge in [0.05, 0.1) is 6.10 Å². The highest BCUT2D eigenvalue weighted by Crippen LogP contribution is 2.64. The van der Waals surface area contributed by atoms with Gasteiger partial charge in [0, 0.05) is 28.4 Å². The fourth-order valence-corrected chi connectivity index (χ4v) is 10.3. The summed E-state index contributed by atoms with van der Waals surface area (Å²) in [5.41, 5.74) is 4.18. The number of phosphoric ester groups is 1. The molecule has 6 unspecified atom stereocenters. The molecule has 5 aliphatic rings. The van der Waals surface area contributed by atoms with E-state index >= 15 is 0 Å². The molecule has 7 nitrogen and oxygen atoms in total. The van der Waals surface area contributed by atoms with Crippen LogP contribution in [0.15, 0.2) is 84.9 Å². The van der Waals surface area contributed by atoms with E-state index in [0.717, 1.165) is 37.8 Å². The van der Waals surface area contributed by atoms with E-state index in [4.69, 9.17) is 13.8 Å². The summed E-state index contributed by atoms with van der Waals surface area (Å²) in [7, 11) is -2.28. The van der Waals surface area contributed by atoms with Gasteiger partial charge in [-0.1, -0.05) is 78.9 Å². The monoisotopic (exact) mass is 599 g/mol. The Bertz CT molecular complexity index is 1560. The van der Waals surface area contributed by atoms with Gasteiger partial charge in [0.25, 0.3) is 0 Å². The van der Waals surface area contributed by atoms with Gasteiger partial charge in [-0.15, -0.1) is 0 Å². The van der Waals surface area contributed by atoms with E-state index in [1.54, 1.807) is 6.07 Å². The number of aromatic hydroxyl groups is 1. The topological polar surface area (TPSA) is 88.5 Å². The van der Waals surface area contributed by atoms with Crippen LogP contribution in [0.1, 0.15) is 54.4 Å². The maximum absolute atomic E-state index is 13.6. The molecule has 3 aromatic rings. The van der Waals surface area contributed by atoms with Gasteiger partial charge >= 0.3 is 7.82 Å². The number of phenols is 1. The van der Waals surface area contributed by atoms with Crippen LogP contribution in [0.5, 0.6) is 11.5 Å². The van der Waals surface area contributed by atoms with Gasteiger partial charge in [-0.2, -0.15) is 0 Å². The first-order valence-corrected chi connectivity index (χ1v) is 17.0. The molecule has 3 aromatic carbocycles. The molecule has 0 radical (unpaired) electrons. The van der Waals surface area contributed by atoms with E-state index in [0.29, 0.717) is 24.6 Å². The van der Waals surface area contributed by atoms with Crippen molar-refractivity contribution in [1.82, 2.24) is 4.90 Å². The molecule has 43 heavy (non-hydrogen) atoms. The molecule has 8 rings (SSSR count). The first-order chi connectivity index (χ1) is 20.8. The van der Waals surface area contributed by atoms with Crippen molar-refractivity contribution in [2.45, 2.75) is 73.7 Å². The average Bonchev–Trinajstić information content (AvgIpc) is 3.38. The van der Waals surface area contributed by atoms with Crippen LogP contribution in [0, 0.1) is 5.92 Å². The van der Waals surface area contributed by atoms with Crippen molar-refractivity contribution in [3.05, 3.63) is 107 Å². The highest BCUT2D eigenvalue weighted by atomic mass is 31.2. The van der Waals surface area contributed by atoms with Gasteiger partial charge in [0.2, 0.25) is 0 Å². The maximum atomic E-state index is 13.6. The van der Waals surface area contributed by atoms with Crippen molar-refractivity contribution in [2.75, 3.05) is 13.6 Å². The number of likely N-dealkylation sites (N-methyl/N-ethyl adjacent to an activating group) is 1. The van der Waals surface area contributed by atoms with Gasteiger partial charge in [-0.25, -0.2) is 4.57 Å². The predicted molar refractivity (Wildman–Crippen MR) is 163 cm³/mol. The highest BCUT2D eigenvalue weighted by molar-refractivity contribution is 7.47. The Balaban J connectivity index is 1.03. The Morgan fingerprint density at radius 1 is 0.907 bits per heavy atom. The first kappa shape index (κ1) is 27.6. The number of piperidine rings is 1. The largest absolute Gasteiger partial charge is 0.504 e. The van der Waals surface area contributed by atoms with Crippen LogP contribution in [0.25, 0.3) is 0 Å². The number of nitrogens with zero attached hydrogens (tertiary/aromatic N) is 1. The molecule has 8 heteroatoms. The Hall–Kier alpha value is -2.93. The van der Waals surface area contributed by atoms with E-state index < -0.39 is 31.5 Å². The molecule has 1 saturated carbocycles. The normalized spacial score (nSPS) is 32.0. The molecule has 2 aliphatic heterocycles. The molecule has 2 heterocycles. The highest BCUT2D eigenvalue weighted by Gasteiger charge is 2.65. The number of phenolic OH excluding ortho intramolecular Hbond substituents is 1. The fraction of sp³-hybridized carbons (Fsp3) is 0.429. The number of rotatable bonds is 6. The minimum atomic E-state index is -4.44. The standard InChI is InChI=1S/C35H38NO6P/c1-36-21-20-35-27-13-15-30(33(35)40-32-29(37)14-12-23(31(32)35)22-28(27)36)42-43(38,39)41-26-16-18-34(19-17-26,24-8-4-2-5-9-24)25-10-6-3-7-11-25/h2-15,26-28,30,33,37H,16-22H2,1H3,(H,38,39). The maximum Gasteiger partial charge on any atom is 0.473 e. The molecule has 1 spiro atoms. The van der Waals surface area contributed by atoms with Gasteiger partial charge in [-0.05, 0) is 74.9 Å². The molecular weight excluding hydrogens is 561 g/mol. The third kappa shape index (κ3) is 4.20. The summed E-state index contributed by atoms with van der Waals surface area (Å²) in [6.07, 6.45) is 6.95. The van der Waals surface area contributed by atoms with Crippen molar-refractivity contribution in [3.8, 4) is 11.5 Å². The Morgan fingerprint density at radius 2 is 1.58 bits per heavy atom. The quantitative estimate of drug-likeness (QED) is 0.255. The van der Waals surface area contributed by atoms with E-state index in [9.17, 15) is 14.6 Å². The van der Waals surface area contributed by atoms with Crippen LogP contribution in [0.3, 0.4) is 0 Å². The lowest BCUT2D eigenvalue weighted by atomic mass is 9.53. The van der Waals surface area contributed by atoms with Crippen molar-refractivity contribution in [2.24, 2.45) is 5.92 Å². The summed E-state index contributed by atoms with van der Waals surface area (Å²) >= 11 is 0. The van der Waals surface area contributed by atoms with Crippen LogP contribution in [-0.4, -0.2) is 52.8 Å². The molecule has 6 atom stereocenters. The fourth-order valence-electron chi connectivity index (χ4n) is 9.13. The summed E-state index contributed by atoms with van der Waals surface area (Å²) in [6.45, 7) is 0.885. The minimum Gasteiger partial charge on any atom is -0.504 e. The van der Waals surface area contributed by atoms with Crippen LogP contribution >= 0.6 is 7.82 Å². The number of benzene rings is 3. The number of hydrogen-bond acceptors (Lipinski definition) is 6. The third-order valence-electron chi connectivity index (χ3n) is 11.1. The van der Waals surface area contributed by atoms with E-state index in [1.165, 1.54) is 16.7 Å². The minimum absolute atomic E-state index is 0.114. The lowest BCUT2D eigenvalue weighted by molar-refractivity contribution is -0.0495. The van der Waals surface area contributed by atoms with Gasteiger partial charge in [0.15, 0.2) is 11.5 Å². The van der Waals surface area contributed by atoms with Crippen molar-refractivity contribution >= 4 is 7.82 Å². The smallest absolute Gasteiger partial charge is 0.473 e. The lowest BCUT2D eigenvalue weighted by Gasteiger charge is -2.56. The molecule has 2 N–H and O–H groups in total. The van der Waals surface area contributed by atoms with Gasteiger partial charge < -0.3 is 19.6 Å². The number of likely N-dealkylation sites (tertiary alicyclic amines) is 1. The van der Waals surface area contributed by atoms with Gasteiger partial charge in [0.1, 0.15) is 12.2 Å². The first-order valence-electron chi connectivity index (χ1n) is 15.5. The molecule has 0 amide bonds.